The van der Waals surface area contributed by atoms with Crippen molar-refractivity contribution in [2.45, 2.75) is 43.3 Å². The molecule has 7 nitrogen and oxygen atoms in total. The maximum absolute atomic E-state index is 14.0. The lowest BCUT2D eigenvalue weighted by Gasteiger charge is -2.36. The Morgan fingerprint density at radius 2 is 2.10 bits per heavy atom. The Morgan fingerprint density at radius 3 is 2.77 bits per heavy atom. The molecule has 2 aromatic heterocycles. The first kappa shape index (κ1) is 18.9. The molecule has 156 valence electrons. The number of imidazole rings is 1. The number of benzene rings is 1. The molecule has 2 bridgehead atoms. The Balaban J connectivity index is 1.33. The highest BCUT2D eigenvalue weighted by atomic mass is 19.3. The molecule has 2 aliphatic heterocycles. The van der Waals surface area contributed by atoms with Crippen molar-refractivity contribution in [3.8, 4) is 22.7 Å². The zero-order valence-electron chi connectivity index (χ0n) is 16.4. The summed E-state index contributed by atoms with van der Waals surface area (Å²) in [6, 6.07) is 4.33. The summed E-state index contributed by atoms with van der Waals surface area (Å²) in [5.74, 6) is -1.92. The van der Waals surface area contributed by atoms with Crippen LogP contribution in [0, 0.1) is 0 Å². The van der Waals surface area contributed by atoms with Gasteiger partial charge in [-0.15, -0.1) is 0 Å². The molecule has 2 fully saturated rings. The second kappa shape index (κ2) is 7.02. The van der Waals surface area contributed by atoms with Crippen LogP contribution >= 0.6 is 0 Å². The van der Waals surface area contributed by atoms with E-state index in [1.807, 2.05) is 18.0 Å². The number of hydrogen-bond acceptors (Lipinski definition) is 6. The number of phenols is 1. The van der Waals surface area contributed by atoms with E-state index in [2.05, 4.69) is 20.3 Å². The summed E-state index contributed by atoms with van der Waals surface area (Å²) in [5, 5.41) is 13.5. The van der Waals surface area contributed by atoms with E-state index in [0.717, 1.165) is 5.69 Å². The molecule has 3 aromatic rings. The SMILES string of the molecule is CN(c1cnc(-c2ccc(-n3ccnc3)cc2O)cn1)[C@@H]1C[C@H]2CC(F)(F)[C@@H](C1)N2. The molecule has 0 saturated carbocycles. The number of piperidine rings is 1. The predicted octanol–water partition coefficient (Wildman–Crippen LogP) is 3.00. The number of aromatic hydroxyl groups is 1. The summed E-state index contributed by atoms with van der Waals surface area (Å²) >= 11 is 0. The number of phenolic OH excluding ortho intramolecular Hbond substituents is 1. The van der Waals surface area contributed by atoms with Gasteiger partial charge in [0.2, 0.25) is 0 Å². The normalized spacial score (nSPS) is 24.7. The molecule has 2 aliphatic rings. The first-order valence-electron chi connectivity index (χ1n) is 9.91. The standard InChI is InChI=1S/C21H22F2N6O/c1-28(15-6-13-9-21(22,23)19(8-15)27-13)20-11-25-17(10-26-20)16-3-2-14(7-18(16)30)29-5-4-24-12-29/h2-5,7,10-13,15,19,27,30H,6,8-9H2,1H3/t13-,15+,19+/m0/s1. The fraction of sp³-hybridized carbons (Fsp3) is 0.381. The van der Waals surface area contributed by atoms with Crippen LogP contribution in [0.5, 0.6) is 5.75 Å². The van der Waals surface area contributed by atoms with Crippen LogP contribution in [-0.4, -0.2) is 55.7 Å². The molecule has 0 unspecified atom stereocenters. The maximum atomic E-state index is 14.0. The highest BCUT2D eigenvalue weighted by Crippen LogP contribution is 2.40. The molecular formula is C21H22F2N6O. The predicted molar refractivity (Wildman–Crippen MR) is 108 cm³/mol. The quantitative estimate of drug-likeness (QED) is 0.686. The highest BCUT2D eigenvalue weighted by Gasteiger charge is 2.53. The third kappa shape index (κ3) is 3.28. The van der Waals surface area contributed by atoms with Gasteiger partial charge in [0.1, 0.15) is 11.6 Å². The van der Waals surface area contributed by atoms with E-state index in [1.165, 1.54) is 0 Å². The van der Waals surface area contributed by atoms with Crippen molar-refractivity contribution in [3.63, 3.8) is 0 Å². The molecule has 5 rings (SSSR count). The van der Waals surface area contributed by atoms with Crippen LogP contribution in [0.2, 0.25) is 0 Å². The summed E-state index contributed by atoms with van der Waals surface area (Å²) in [7, 11) is 1.87. The van der Waals surface area contributed by atoms with Crippen LogP contribution in [0.3, 0.4) is 0 Å². The second-order valence-electron chi connectivity index (χ2n) is 8.05. The monoisotopic (exact) mass is 412 g/mol. The van der Waals surface area contributed by atoms with Crippen molar-refractivity contribution in [2.24, 2.45) is 0 Å². The van der Waals surface area contributed by atoms with Crippen molar-refractivity contribution in [1.29, 1.82) is 0 Å². The third-order valence-electron chi connectivity index (χ3n) is 6.14. The van der Waals surface area contributed by atoms with E-state index in [0.29, 0.717) is 29.9 Å². The van der Waals surface area contributed by atoms with Crippen molar-refractivity contribution in [1.82, 2.24) is 24.8 Å². The van der Waals surface area contributed by atoms with Gasteiger partial charge in [-0.3, -0.25) is 4.98 Å². The fourth-order valence-corrected chi connectivity index (χ4v) is 4.48. The van der Waals surface area contributed by atoms with Crippen molar-refractivity contribution < 1.29 is 13.9 Å². The number of nitrogens with zero attached hydrogens (tertiary/aromatic N) is 5. The Kier molecular flexibility index (Phi) is 4.43. The number of alkyl halides is 2. The van der Waals surface area contributed by atoms with Crippen LogP contribution < -0.4 is 10.2 Å². The topological polar surface area (TPSA) is 79.1 Å². The Labute approximate surface area is 172 Å². The van der Waals surface area contributed by atoms with E-state index in [-0.39, 0.29) is 24.3 Å². The van der Waals surface area contributed by atoms with Gasteiger partial charge in [0.15, 0.2) is 0 Å². The molecule has 0 amide bonds. The molecular weight excluding hydrogens is 390 g/mol. The highest BCUT2D eigenvalue weighted by molar-refractivity contribution is 5.68. The zero-order chi connectivity index (χ0) is 20.9. The van der Waals surface area contributed by atoms with E-state index in [9.17, 15) is 13.9 Å². The Morgan fingerprint density at radius 1 is 1.23 bits per heavy atom. The van der Waals surface area contributed by atoms with Gasteiger partial charge < -0.3 is 19.9 Å². The van der Waals surface area contributed by atoms with E-state index in [4.69, 9.17) is 0 Å². The summed E-state index contributed by atoms with van der Waals surface area (Å²) < 4.78 is 29.8. The fourth-order valence-electron chi connectivity index (χ4n) is 4.48. The number of hydrogen-bond donors (Lipinski definition) is 2. The number of fused-ring (bicyclic) bond motifs is 2. The van der Waals surface area contributed by atoms with Gasteiger partial charge in [-0.1, -0.05) is 0 Å². The number of nitrogens with one attached hydrogen (secondary N) is 1. The van der Waals surface area contributed by atoms with Gasteiger partial charge in [0.05, 0.1) is 36.1 Å². The first-order valence-corrected chi connectivity index (χ1v) is 9.91. The summed E-state index contributed by atoms with van der Waals surface area (Å²) in [6.45, 7) is 0. The minimum atomic E-state index is -2.64. The van der Waals surface area contributed by atoms with Crippen LogP contribution in [0.4, 0.5) is 14.6 Å². The van der Waals surface area contributed by atoms with Crippen molar-refractivity contribution in [2.75, 3.05) is 11.9 Å². The second-order valence-corrected chi connectivity index (χ2v) is 8.05. The zero-order valence-corrected chi connectivity index (χ0v) is 16.4. The third-order valence-corrected chi connectivity index (χ3v) is 6.14. The number of anilines is 1. The minimum Gasteiger partial charge on any atom is -0.507 e. The number of halogens is 2. The van der Waals surface area contributed by atoms with Gasteiger partial charge in [-0.25, -0.2) is 18.7 Å². The van der Waals surface area contributed by atoms with Gasteiger partial charge >= 0.3 is 0 Å². The Hall–Kier alpha value is -3.07. The van der Waals surface area contributed by atoms with Crippen molar-refractivity contribution >= 4 is 5.82 Å². The molecule has 0 aliphatic carbocycles. The average Bonchev–Trinajstić information content (AvgIpc) is 3.34. The smallest absolute Gasteiger partial charge is 0.264 e. The van der Waals surface area contributed by atoms with E-state index >= 15 is 0 Å². The number of rotatable bonds is 4. The summed E-state index contributed by atoms with van der Waals surface area (Å²) in [6.07, 6.45) is 9.27. The number of aromatic nitrogens is 4. The summed E-state index contributed by atoms with van der Waals surface area (Å²) in [5.41, 5.74) is 1.90. The first-order chi connectivity index (χ1) is 14.4. The largest absolute Gasteiger partial charge is 0.507 e. The molecule has 0 spiro atoms. The van der Waals surface area contributed by atoms with Crippen molar-refractivity contribution in [3.05, 3.63) is 49.3 Å². The molecule has 4 heterocycles. The van der Waals surface area contributed by atoms with Gasteiger partial charge in [-0.05, 0) is 25.0 Å². The minimum absolute atomic E-state index is 0.0161. The molecule has 3 atom stereocenters. The average molecular weight is 412 g/mol. The lowest BCUT2D eigenvalue weighted by molar-refractivity contribution is -0.0128. The molecule has 2 N–H and O–H groups in total. The molecule has 1 aromatic carbocycles. The molecule has 9 heteroatoms. The van der Waals surface area contributed by atoms with E-state index < -0.39 is 12.0 Å². The van der Waals surface area contributed by atoms with Crippen LogP contribution in [0.15, 0.2) is 49.3 Å². The van der Waals surface area contributed by atoms with Crippen LogP contribution in [0.25, 0.3) is 16.9 Å². The van der Waals surface area contributed by atoms with Gasteiger partial charge in [0.25, 0.3) is 5.92 Å². The lowest BCUT2D eigenvalue weighted by atomic mass is 9.98. The molecule has 0 radical (unpaired) electrons. The maximum Gasteiger partial charge on any atom is 0.264 e. The van der Waals surface area contributed by atoms with Crippen LogP contribution in [-0.2, 0) is 0 Å². The Bertz CT molecular complexity index is 1040. The summed E-state index contributed by atoms with van der Waals surface area (Å²) in [4.78, 5) is 14.9. The molecule has 2 saturated heterocycles. The van der Waals surface area contributed by atoms with Gasteiger partial charge in [-0.2, -0.15) is 0 Å². The van der Waals surface area contributed by atoms with Crippen LogP contribution in [0.1, 0.15) is 19.3 Å². The lowest BCUT2D eigenvalue weighted by Crippen LogP contribution is -2.49. The van der Waals surface area contributed by atoms with E-state index in [1.54, 1.807) is 47.8 Å². The van der Waals surface area contributed by atoms with Gasteiger partial charge in [0, 0.05) is 49.6 Å². The molecule has 30 heavy (non-hydrogen) atoms.